The molecule has 1 atom stereocenters. The molecule has 0 fully saturated rings. The Bertz CT molecular complexity index is 508. The van der Waals surface area contributed by atoms with Gasteiger partial charge in [0.2, 0.25) is 0 Å². The highest BCUT2D eigenvalue weighted by Crippen LogP contribution is 2.23. The third-order valence-electron chi connectivity index (χ3n) is 3.36. The number of rotatable bonds is 8. The van der Waals surface area contributed by atoms with Crippen molar-refractivity contribution in [2.45, 2.75) is 32.6 Å². The highest BCUT2D eigenvalue weighted by molar-refractivity contribution is 9.10. The van der Waals surface area contributed by atoms with Gasteiger partial charge in [-0.1, -0.05) is 24.9 Å². The summed E-state index contributed by atoms with van der Waals surface area (Å²) in [6.45, 7) is 2.57. The van der Waals surface area contributed by atoms with E-state index < -0.39 is 5.97 Å². The molecule has 0 aliphatic heterocycles. The smallest absolute Gasteiger partial charge is 0.303 e. The van der Waals surface area contributed by atoms with Crippen molar-refractivity contribution in [3.63, 3.8) is 0 Å². The van der Waals surface area contributed by atoms with Crippen molar-refractivity contribution in [3.05, 3.63) is 33.3 Å². The molecule has 0 aromatic heterocycles. The summed E-state index contributed by atoms with van der Waals surface area (Å²) in [5, 5.41) is 12.1. The minimum Gasteiger partial charge on any atom is -0.481 e. The van der Waals surface area contributed by atoms with Crippen LogP contribution in [0.5, 0.6) is 0 Å². The van der Waals surface area contributed by atoms with Gasteiger partial charge in [-0.2, -0.15) is 0 Å². The zero-order valence-corrected chi connectivity index (χ0v) is 14.2. The summed E-state index contributed by atoms with van der Waals surface area (Å²) < 4.78 is 0.685. The van der Waals surface area contributed by atoms with Crippen molar-refractivity contribution in [3.8, 4) is 0 Å². The summed E-state index contributed by atoms with van der Waals surface area (Å²) in [6, 6.07) is 5.02. The molecule has 1 unspecified atom stereocenters. The normalized spacial score (nSPS) is 12.0. The Labute approximate surface area is 138 Å². The number of hydrogen-bond donors (Lipinski definition) is 2. The van der Waals surface area contributed by atoms with Gasteiger partial charge in [-0.3, -0.25) is 9.59 Å². The van der Waals surface area contributed by atoms with Gasteiger partial charge < -0.3 is 10.4 Å². The Hall–Kier alpha value is -1.07. The fourth-order valence-corrected chi connectivity index (χ4v) is 2.51. The molecule has 0 spiro atoms. The number of carbonyl (C=O) groups excluding carboxylic acids is 1. The fraction of sp³-hybridized carbons (Fsp3) is 0.467. The quantitative estimate of drug-likeness (QED) is 0.717. The molecule has 0 heterocycles. The van der Waals surface area contributed by atoms with Crippen LogP contribution in [0.4, 0.5) is 0 Å². The third kappa shape index (κ3) is 6.48. The van der Waals surface area contributed by atoms with E-state index in [4.69, 9.17) is 16.7 Å². The van der Waals surface area contributed by atoms with Gasteiger partial charge in [0.25, 0.3) is 5.91 Å². The maximum Gasteiger partial charge on any atom is 0.303 e. The van der Waals surface area contributed by atoms with Crippen LogP contribution >= 0.6 is 27.5 Å². The number of carboxylic acid groups (broad SMARTS) is 1. The van der Waals surface area contributed by atoms with Crippen LogP contribution in [0.2, 0.25) is 5.02 Å². The molecule has 1 rings (SSSR count). The molecule has 6 heteroatoms. The molecule has 1 amide bonds. The van der Waals surface area contributed by atoms with Crippen LogP contribution in [0.1, 0.15) is 43.0 Å². The summed E-state index contributed by atoms with van der Waals surface area (Å²) in [6.07, 6.45) is 2.52. The maximum atomic E-state index is 12.0. The monoisotopic (exact) mass is 375 g/mol. The summed E-state index contributed by atoms with van der Waals surface area (Å²) in [7, 11) is 0. The Morgan fingerprint density at radius 3 is 2.67 bits per heavy atom. The number of halogens is 2. The van der Waals surface area contributed by atoms with Crippen molar-refractivity contribution < 1.29 is 14.7 Å². The molecule has 0 bridgehead atoms. The van der Waals surface area contributed by atoms with Gasteiger partial charge in [0, 0.05) is 23.0 Å². The number of amides is 1. The Morgan fingerprint density at radius 2 is 2.10 bits per heavy atom. The number of aliphatic carboxylic acids is 1. The zero-order chi connectivity index (χ0) is 15.8. The van der Waals surface area contributed by atoms with E-state index in [2.05, 4.69) is 21.2 Å². The van der Waals surface area contributed by atoms with Crippen molar-refractivity contribution >= 4 is 39.4 Å². The van der Waals surface area contributed by atoms with Crippen LogP contribution in [0.15, 0.2) is 22.7 Å². The minimum atomic E-state index is -0.775. The third-order valence-corrected chi connectivity index (χ3v) is 4.58. The number of carbonyl (C=O) groups is 2. The van der Waals surface area contributed by atoms with Gasteiger partial charge in [-0.15, -0.1) is 0 Å². The second-order valence-electron chi connectivity index (χ2n) is 4.88. The van der Waals surface area contributed by atoms with Crippen molar-refractivity contribution in [2.24, 2.45) is 5.92 Å². The van der Waals surface area contributed by atoms with Crippen LogP contribution < -0.4 is 5.32 Å². The lowest BCUT2D eigenvalue weighted by Gasteiger charge is -2.14. The second kappa shape index (κ2) is 9.05. The van der Waals surface area contributed by atoms with Crippen LogP contribution in [-0.2, 0) is 4.79 Å². The number of nitrogens with one attached hydrogen (secondary N) is 1. The minimum absolute atomic E-state index is 0.152. The summed E-state index contributed by atoms with van der Waals surface area (Å²) in [5.74, 6) is -0.609. The van der Waals surface area contributed by atoms with Gasteiger partial charge in [-0.05, 0) is 52.9 Å². The molecule has 0 saturated carbocycles. The summed E-state index contributed by atoms with van der Waals surface area (Å²) >= 11 is 9.17. The van der Waals surface area contributed by atoms with Gasteiger partial charge >= 0.3 is 5.97 Å². The van der Waals surface area contributed by atoms with Crippen molar-refractivity contribution in [1.82, 2.24) is 5.32 Å². The Balaban J connectivity index is 2.41. The maximum absolute atomic E-state index is 12.0. The Kier molecular flexibility index (Phi) is 7.75. The second-order valence-corrected chi connectivity index (χ2v) is 6.14. The van der Waals surface area contributed by atoms with E-state index in [0.29, 0.717) is 33.9 Å². The lowest BCUT2D eigenvalue weighted by molar-refractivity contribution is -0.137. The first-order chi connectivity index (χ1) is 9.93. The van der Waals surface area contributed by atoms with Crippen molar-refractivity contribution in [1.29, 1.82) is 0 Å². The van der Waals surface area contributed by atoms with Crippen LogP contribution in [-0.4, -0.2) is 23.5 Å². The molecule has 0 saturated heterocycles. The van der Waals surface area contributed by atoms with E-state index >= 15 is 0 Å². The predicted octanol–water partition coefficient (Wildman–Crippen LogP) is 4.11. The number of carboxylic acids is 1. The lowest BCUT2D eigenvalue weighted by Crippen LogP contribution is -2.26. The van der Waals surface area contributed by atoms with E-state index in [0.717, 1.165) is 12.8 Å². The van der Waals surface area contributed by atoms with Crippen molar-refractivity contribution in [2.75, 3.05) is 6.54 Å². The number of benzene rings is 1. The average Bonchev–Trinajstić information content (AvgIpc) is 2.45. The van der Waals surface area contributed by atoms with Crippen LogP contribution in [0.25, 0.3) is 0 Å². The zero-order valence-electron chi connectivity index (χ0n) is 11.9. The molecule has 2 N–H and O–H groups in total. The first kappa shape index (κ1) is 18.0. The molecule has 21 heavy (non-hydrogen) atoms. The molecule has 0 aliphatic carbocycles. The van der Waals surface area contributed by atoms with E-state index in [1.165, 1.54) is 0 Å². The van der Waals surface area contributed by atoms with Crippen LogP contribution in [0.3, 0.4) is 0 Å². The Morgan fingerprint density at radius 1 is 1.38 bits per heavy atom. The van der Waals surface area contributed by atoms with Crippen LogP contribution in [0, 0.1) is 5.92 Å². The van der Waals surface area contributed by atoms with E-state index in [9.17, 15) is 9.59 Å². The topological polar surface area (TPSA) is 66.4 Å². The van der Waals surface area contributed by atoms with Gasteiger partial charge in [0.05, 0.1) is 5.02 Å². The molecular weight excluding hydrogens is 358 g/mol. The van der Waals surface area contributed by atoms with E-state index in [1.54, 1.807) is 18.2 Å². The highest BCUT2D eigenvalue weighted by atomic mass is 79.9. The summed E-state index contributed by atoms with van der Waals surface area (Å²) in [5.41, 5.74) is 0.546. The molecule has 4 nitrogen and oxygen atoms in total. The SMILES string of the molecule is CCC(CCNC(=O)c1ccc(Cl)c(Br)c1)CCC(=O)O. The molecule has 1 aromatic rings. The fourth-order valence-electron chi connectivity index (χ4n) is 2.01. The summed E-state index contributed by atoms with van der Waals surface area (Å²) in [4.78, 5) is 22.5. The first-order valence-corrected chi connectivity index (χ1v) is 8.06. The molecule has 116 valence electrons. The number of hydrogen-bond acceptors (Lipinski definition) is 2. The largest absolute Gasteiger partial charge is 0.481 e. The lowest BCUT2D eigenvalue weighted by atomic mass is 9.96. The predicted molar refractivity (Wildman–Crippen MR) is 86.8 cm³/mol. The van der Waals surface area contributed by atoms with E-state index in [-0.39, 0.29) is 12.3 Å². The van der Waals surface area contributed by atoms with Gasteiger partial charge in [-0.25, -0.2) is 0 Å². The highest BCUT2D eigenvalue weighted by Gasteiger charge is 2.11. The molecule has 0 aliphatic rings. The molecule has 1 aromatic carbocycles. The van der Waals surface area contributed by atoms with Gasteiger partial charge in [0.15, 0.2) is 0 Å². The first-order valence-electron chi connectivity index (χ1n) is 6.89. The van der Waals surface area contributed by atoms with Gasteiger partial charge in [0.1, 0.15) is 0 Å². The molecule has 0 radical (unpaired) electrons. The van der Waals surface area contributed by atoms with E-state index in [1.807, 2.05) is 6.92 Å². The standard InChI is InChI=1S/C15H19BrClNO3/c1-2-10(3-6-14(19)20)7-8-18-15(21)11-4-5-13(17)12(16)9-11/h4-5,9-10H,2-3,6-8H2,1H3,(H,18,21)(H,19,20). The average molecular weight is 377 g/mol. The molecular formula is C15H19BrClNO3.